The minimum Gasteiger partial charge on any atom is -0.396 e. The first kappa shape index (κ1) is 11.1. The number of aliphatic hydroxyl groups excluding tert-OH is 2. The highest BCUT2D eigenvalue weighted by Gasteiger charge is 2.03. The largest absolute Gasteiger partial charge is 0.396 e. The van der Waals surface area contributed by atoms with Crippen LogP contribution in [0.2, 0.25) is 0 Å². The second-order valence-corrected chi connectivity index (χ2v) is 3.88. The van der Waals surface area contributed by atoms with Gasteiger partial charge in [-0.1, -0.05) is 36.4 Å². The van der Waals surface area contributed by atoms with Crippen LogP contribution in [-0.2, 0) is 12.8 Å². The summed E-state index contributed by atoms with van der Waals surface area (Å²) in [6, 6.07) is 12.2. The minimum absolute atomic E-state index is 0.170. The molecule has 0 amide bonds. The Morgan fingerprint density at radius 1 is 0.688 bits per heavy atom. The summed E-state index contributed by atoms with van der Waals surface area (Å²) in [5.41, 5.74) is 2.33. The summed E-state index contributed by atoms with van der Waals surface area (Å²) >= 11 is 0. The van der Waals surface area contributed by atoms with Crippen LogP contribution in [0.4, 0.5) is 0 Å². The highest BCUT2D eigenvalue weighted by atomic mass is 16.3. The number of hydrogen-bond acceptors (Lipinski definition) is 2. The van der Waals surface area contributed by atoms with Gasteiger partial charge < -0.3 is 10.2 Å². The van der Waals surface area contributed by atoms with Crippen molar-refractivity contribution in [2.45, 2.75) is 12.8 Å². The van der Waals surface area contributed by atoms with Gasteiger partial charge in [-0.2, -0.15) is 0 Å². The molecule has 0 radical (unpaired) electrons. The van der Waals surface area contributed by atoms with Crippen molar-refractivity contribution in [2.24, 2.45) is 0 Å². The van der Waals surface area contributed by atoms with Crippen molar-refractivity contribution in [3.8, 4) is 0 Å². The molecule has 2 heteroatoms. The van der Waals surface area contributed by atoms with Gasteiger partial charge in [-0.05, 0) is 34.7 Å². The van der Waals surface area contributed by atoms with Gasteiger partial charge in [-0.15, -0.1) is 0 Å². The molecule has 16 heavy (non-hydrogen) atoms. The van der Waals surface area contributed by atoms with Crippen molar-refractivity contribution in [2.75, 3.05) is 13.2 Å². The molecule has 0 atom stereocenters. The third kappa shape index (κ3) is 2.08. The Kier molecular flexibility index (Phi) is 3.54. The number of rotatable bonds is 4. The summed E-state index contributed by atoms with van der Waals surface area (Å²) in [5.74, 6) is 0. The molecule has 2 rings (SSSR count). The van der Waals surface area contributed by atoms with Crippen molar-refractivity contribution in [3.63, 3.8) is 0 Å². The second kappa shape index (κ2) is 5.10. The maximum absolute atomic E-state index is 9.01. The van der Waals surface area contributed by atoms with E-state index in [1.54, 1.807) is 0 Å². The topological polar surface area (TPSA) is 40.5 Å². The fraction of sp³-hybridized carbons (Fsp3) is 0.286. The maximum Gasteiger partial charge on any atom is 0.0471 e. The third-order valence-corrected chi connectivity index (χ3v) is 2.86. The van der Waals surface area contributed by atoms with Gasteiger partial charge >= 0.3 is 0 Å². The van der Waals surface area contributed by atoms with Crippen LogP contribution in [0, 0.1) is 0 Å². The molecule has 0 aliphatic heterocycles. The van der Waals surface area contributed by atoms with Crippen molar-refractivity contribution in [1.29, 1.82) is 0 Å². The monoisotopic (exact) mass is 216 g/mol. The second-order valence-electron chi connectivity index (χ2n) is 3.88. The van der Waals surface area contributed by atoms with E-state index >= 15 is 0 Å². The van der Waals surface area contributed by atoms with E-state index in [4.69, 9.17) is 10.2 Å². The number of aliphatic hydroxyl groups is 2. The minimum atomic E-state index is 0.170. The van der Waals surface area contributed by atoms with Gasteiger partial charge in [-0.3, -0.25) is 0 Å². The predicted octanol–water partition coefficient (Wildman–Crippen LogP) is 1.91. The van der Waals surface area contributed by atoms with E-state index in [1.165, 1.54) is 21.9 Å². The lowest BCUT2D eigenvalue weighted by Gasteiger charge is -2.09. The average molecular weight is 216 g/mol. The number of hydrogen-bond donors (Lipinski definition) is 2. The molecule has 0 saturated heterocycles. The van der Waals surface area contributed by atoms with E-state index in [-0.39, 0.29) is 13.2 Å². The fourth-order valence-electron chi connectivity index (χ4n) is 2.12. The molecule has 84 valence electrons. The van der Waals surface area contributed by atoms with Gasteiger partial charge in [0, 0.05) is 13.2 Å². The SMILES string of the molecule is OCCc1cccc2c(CCO)cccc12. The number of fused-ring (bicyclic) bond motifs is 1. The Morgan fingerprint density at radius 3 is 1.50 bits per heavy atom. The Bertz CT molecular complexity index is 432. The predicted molar refractivity (Wildman–Crippen MR) is 65.5 cm³/mol. The van der Waals surface area contributed by atoms with Gasteiger partial charge in [0.25, 0.3) is 0 Å². The first-order chi connectivity index (χ1) is 7.86. The van der Waals surface area contributed by atoms with Gasteiger partial charge in [0.05, 0.1) is 0 Å². The molecular weight excluding hydrogens is 200 g/mol. The van der Waals surface area contributed by atoms with Crippen molar-refractivity contribution >= 4 is 10.8 Å². The summed E-state index contributed by atoms with van der Waals surface area (Å²) in [6.45, 7) is 0.340. The van der Waals surface area contributed by atoms with Crippen LogP contribution in [0.25, 0.3) is 10.8 Å². The van der Waals surface area contributed by atoms with E-state index < -0.39 is 0 Å². The Hall–Kier alpha value is -1.38. The lowest BCUT2D eigenvalue weighted by atomic mass is 9.97. The molecule has 0 bridgehead atoms. The summed E-state index contributed by atoms with van der Waals surface area (Å²) in [7, 11) is 0. The molecule has 0 heterocycles. The molecule has 0 aliphatic carbocycles. The highest BCUT2D eigenvalue weighted by Crippen LogP contribution is 2.23. The van der Waals surface area contributed by atoms with Crippen molar-refractivity contribution in [1.82, 2.24) is 0 Å². The molecular formula is C14H16O2. The van der Waals surface area contributed by atoms with Crippen LogP contribution in [0.5, 0.6) is 0 Å². The molecule has 2 nitrogen and oxygen atoms in total. The summed E-state index contributed by atoms with van der Waals surface area (Å²) < 4.78 is 0. The van der Waals surface area contributed by atoms with Crippen LogP contribution in [-0.4, -0.2) is 23.4 Å². The van der Waals surface area contributed by atoms with Crippen LogP contribution in [0.1, 0.15) is 11.1 Å². The summed E-state index contributed by atoms with van der Waals surface area (Å²) in [4.78, 5) is 0. The first-order valence-electron chi connectivity index (χ1n) is 5.58. The van der Waals surface area contributed by atoms with E-state index in [0.29, 0.717) is 12.8 Å². The maximum atomic E-state index is 9.01. The highest BCUT2D eigenvalue weighted by molar-refractivity contribution is 5.88. The lowest BCUT2D eigenvalue weighted by molar-refractivity contribution is 0.299. The summed E-state index contributed by atoms with van der Waals surface area (Å²) in [6.07, 6.45) is 1.36. The van der Waals surface area contributed by atoms with E-state index in [1.807, 2.05) is 24.3 Å². The van der Waals surface area contributed by atoms with Crippen LogP contribution < -0.4 is 0 Å². The molecule has 0 unspecified atom stereocenters. The Labute approximate surface area is 95.2 Å². The van der Waals surface area contributed by atoms with E-state index in [2.05, 4.69) is 12.1 Å². The Morgan fingerprint density at radius 2 is 1.12 bits per heavy atom. The average Bonchev–Trinajstić information content (AvgIpc) is 2.31. The van der Waals surface area contributed by atoms with Crippen LogP contribution >= 0.6 is 0 Å². The van der Waals surface area contributed by atoms with Crippen LogP contribution in [0.3, 0.4) is 0 Å². The zero-order chi connectivity index (χ0) is 11.4. The molecule has 2 aromatic carbocycles. The normalized spacial score (nSPS) is 10.9. The van der Waals surface area contributed by atoms with E-state index in [0.717, 1.165) is 0 Å². The van der Waals surface area contributed by atoms with Crippen molar-refractivity contribution < 1.29 is 10.2 Å². The van der Waals surface area contributed by atoms with Gasteiger partial charge in [0.1, 0.15) is 0 Å². The molecule has 0 saturated carbocycles. The van der Waals surface area contributed by atoms with Gasteiger partial charge in [-0.25, -0.2) is 0 Å². The standard InChI is InChI=1S/C14H16O2/c15-9-7-11-3-1-5-13-12(8-10-16)4-2-6-14(11)13/h1-6,15-16H,7-10H2. The molecule has 0 aromatic heterocycles. The third-order valence-electron chi connectivity index (χ3n) is 2.86. The smallest absolute Gasteiger partial charge is 0.0471 e. The van der Waals surface area contributed by atoms with Gasteiger partial charge in [0.15, 0.2) is 0 Å². The Balaban J connectivity index is 2.57. The van der Waals surface area contributed by atoms with Gasteiger partial charge in [0.2, 0.25) is 0 Å². The first-order valence-corrected chi connectivity index (χ1v) is 5.58. The molecule has 2 N–H and O–H groups in total. The zero-order valence-corrected chi connectivity index (χ0v) is 9.19. The quantitative estimate of drug-likeness (QED) is 0.819. The molecule has 0 spiro atoms. The molecule has 0 aliphatic rings. The summed E-state index contributed by atoms with van der Waals surface area (Å²) in [5, 5.41) is 20.4. The fourth-order valence-corrected chi connectivity index (χ4v) is 2.12. The van der Waals surface area contributed by atoms with Crippen molar-refractivity contribution in [3.05, 3.63) is 47.5 Å². The molecule has 2 aromatic rings. The van der Waals surface area contributed by atoms with Crippen LogP contribution in [0.15, 0.2) is 36.4 Å². The number of benzene rings is 2. The van der Waals surface area contributed by atoms with E-state index in [9.17, 15) is 0 Å². The zero-order valence-electron chi connectivity index (χ0n) is 9.19. The molecule has 0 fully saturated rings. The lowest BCUT2D eigenvalue weighted by Crippen LogP contribution is -1.95.